The maximum Gasteiger partial charge on any atom is 0.416 e. The molecule has 7 heteroatoms. The van der Waals surface area contributed by atoms with E-state index in [-0.39, 0.29) is 30.8 Å². The number of anilines is 2. The van der Waals surface area contributed by atoms with Gasteiger partial charge in [0.25, 0.3) is 5.91 Å². The number of aromatic nitrogens is 1. The van der Waals surface area contributed by atoms with Crippen molar-refractivity contribution in [1.29, 1.82) is 0 Å². The number of hydrogen-bond donors (Lipinski definition) is 1. The summed E-state index contributed by atoms with van der Waals surface area (Å²) in [5.74, 6) is 1.13. The topological polar surface area (TPSA) is 80.8 Å². The van der Waals surface area contributed by atoms with Crippen LogP contribution >= 0.6 is 0 Å². The summed E-state index contributed by atoms with van der Waals surface area (Å²) < 4.78 is 10.7. The Balaban J connectivity index is 1.68. The van der Waals surface area contributed by atoms with Crippen molar-refractivity contribution >= 4 is 23.6 Å². The maximum atomic E-state index is 12.1. The summed E-state index contributed by atoms with van der Waals surface area (Å²) in [5, 5.41) is 2.66. The van der Waals surface area contributed by atoms with Crippen molar-refractivity contribution in [2.45, 2.75) is 37.8 Å². The zero-order chi connectivity index (χ0) is 14.4. The number of hydrogen-bond acceptors (Lipinski definition) is 5. The summed E-state index contributed by atoms with van der Waals surface area (Å²) in [6.07, 6.45) is 3.58. The average Bonchev–Trinajstić information content (AvgIpc) is 2.82. The van der Waals surface area contributed by atoms with Gasteiger partial charge < -0.3 is 14.8 Å². The smallest absolute Gasteiger partial charge is 0.416 e. The van der Waals surface area contributed by atoms with Crippen molar-refractivity contribution in [3.05, 3.63) is 12.1 Å². The van der Waals surface area contributed by atoms with Crippen molar-refractivity contribution in [1.82, 2.24) is 4.98 Å². The highest BCUT2D eigenvalue weighted by Crippen LogP contribution is 2.36. The van der Waals surface area contributed by atoms with Crippen LogP contribution in [0, 0.1) is 0 Å². The van der Waals surface area contributed by atoms with E-state index >= 15 is 0 Å². The van der Waals surface area contributed by atoms with E-state index in [4.69, 9.17) is 9.47 Å². The summed E-state index contributed by atoms with van der Waals surface area (Å²) in [7, 11) is 0. The molecule has 1 aliphatic carbocycles. The van der Waals surface area contributed by atoms with Crippen molar-refractivity contribution in [3.8, 4) is 5.75 Å². The second-order valence-corrected chi connectivity index (χ2v) is 5.50. The molecule has 4 rings (SSSR count). The molecule has 0 bridgehead atoms. The summed E-state index contributed by atoms with van der Waals surface area (Å²) in [5.41, 5.74) is 0. The first-order valence-corrected chi connectivity index (χ1v) is 7.16. The monoisotopic (exact) mass is 289 g/mol. The number of carbonyl (C=O) groups is 2. The number of fused-ring (bicyclic) bond motifs is 2. The standard InChI is InChI=1S/C14H15N3O4/c18-12-7-20-10-5-6-11(15-13(10)16-12)17-8-3-1-2-4-9(8)21-14(17)19/h5-6,8-9H,1-4,7H2,(H,15,16,18). The van der Waals surface area contributed by atoms with E-state index in [0.717, 1.165) is 25.7 Å². The lowest BCUT2D eigenvalue weighted by atomic mass is 9.92. The minimum atomic E-state index is -0.359. The normalized spacial score (nSPS) is 27.3. The van der Waals surface area contributed by atoms with Crippen LogP contribution in [0.2, 0.25) is 0 Å². The number of nitrogens with one attached hydrogen (secondary N) is 1. The summed E-state index contributed by atoms with van der Waals surface area (Å²) in [6, 6.07) is 3.49. The molecular weight excluding hydrogens is 274 g/mol. The minimum Gasteiger partial charge on any atom is -0.480 e. The van der Waals surface area contributed by atoms with E-state index < -0.39 is 0 Å². The van der Waals surface area contributed by atoms with Gasteiger partial charge in [-0.05, 0) is 31.4 Å². The van der Waals surface area contributed by atoms with Crippen LogP contribution in [0.25, 0.3) is 0 Å². The van der Waals surface area contributed by atoms with Gasteiger partial charge in [-0.1, -0.05) is 6.42 Å². The fourth-order valence-corrected chi connectivity index (χ4v) is 3.18. The molecule has 0 radical (unpaired) electrons. The van der Waals surface area contributed by atoms with Crippen LogP contribution in [-0.2, 0) is 9.53 Å². The fourth-order valence-electron chi connectivity index (χ4n) is 3.18. The first-order chi connectivity index (χ1) is 10.2. The molecule has 110 valence electrons. The first-order valence-electron chi connectivity index (χ1n) is 7.16. The van der Waals surface area contributed by atoms with Crippen LogP contribution in [0.5, 0.6) is 5.75 Å². The molecule has 2 fully saturated rings. The molecule has 1 aromatic rings. The predicted octanol–water partition coefficient (Wildman–Crippen LogP) is 1.68. The van der Waals surface area contributed by atoms with Crippen LogP contribution in [-0.4, -0.2) is 35.7 Å². The van der Waals surface area contributed by atoms with Gasteiger partial charge in [-0.3, -0.25) is 9.69 Å². The number of nitrogens with zero attached hydrogens (tertiary/aromatic N) is 2. The zero-order valence-electron chi connectivity index (χ0n) is 11.4. The van der Waals surface area contributed by atoms with E-state index in [0.29, 0.717) is 17.4 Å². The maximum absolute atomic E-state index is 12.1. The van der Waals surface area contributed by atoms with Gasteiger partial charge in [0.2, 0.25) is 0 Å². The van der Waals surface area contributed by atoms with Crippen molar-refractivity contribution < 1.29 is 19.1 Å². The Bertz CT molecular complexity index is 618. The zero-order valence-corrected chi connectivity index (χ0v) is 11.4. The summed E-state index contributed by atoms with van der Waals surface area (Å²) in [4.78, 5) is 29.4. The Labute approximate surface area is 121 Å². The highest BCUT2D eigenvalue weighted by atomic mass is 16.6. The minimum absolute atomic E-state index is 0.00944. The van der Waals surface area contributed by atoms with Gasteiger partial charge in [-0.25, -0.2) is 9.78 Å². The molecule has 0 aromatic carbocycles. The predicted molar refractivity (Wildman–Crippen MR) is 73.4 cm³/mol. The van der Waals surface area contributed by atoms with Gasteiger partial charge >= 0.3 is 6.09 Å². The number of pyridine rings is 1. The SMILES string of the molecule is O=C1COc2ccc(N3C(=O)OC4CCCCC43)nc2N1. The molecule has 2 atom stereocenters. The molecule has 3 heterocycles. The molecule has 1 saturated heterocycles. The third-order valence-electron chi connectivity index (χ3n) is 4.16. The van der Waals surface area contributed by atoms with Gasteiger partial charge in [0.1, 0.15) is 11.9 Å². The Morgan fingerprint density at radius 2 is 2.10 bits per heavy atom. The highest BCUT2D eigenvalue weighted by Gasteiger charge is 2.44. The number of rotatable bonds is 1. The van der Waals surface area contributed by atoms with Crippen LogP contribution in [0.3, 0.4) is 0 Å². The van der Waals surface area contributed by atoms with Gasteiger partial charge in [-0.15, -0.1) is 0 Å². The van der Waals surface area contributed by atoms with Crippen molar-refractivity contribution in [2.24, 2.45) is 0 Å². The quantitative estimate of drug-likeness (QED) is 0.850. The van der Waals surface area contributed by atoms with E-state index in [1.54, 1.807) is 17.0 Å². The molecule has 3 aliphatic rings. The van der Waals surface area contributed by atoms with Gasteiger partial charge in [-0.2, -0.15) is 0 Å². The van der Waals surface area contributed by atoms with E-state index in [2.05, 4.69) is 10.3 Å². The summed E-state index contributed by atoms with van der Waals surface area (Å²) >= 11 is 0. The third kappa shape index (κ3) is 2.00. The molecule has 7 nitrogen and oxygen atoms in total. The Morgan fingerprint density at radius 1 is 1.24 bits per heavy atom. The molecule has 1 aromatic heterocycles. The average molecular weight is 289 g/mol. The van der Waals surface area contributed by atoms with Crippen LogP contribution in [0.1, 0.15) is 25.7 Å². The van der Waals surface area contributed by atoms with Gasteiger partial charge in [0.05, 0.1) is 6.04 Å². The second kappa shape index (κ2) is 4.61. The molecule has 1 saturated carbocycles. The second-order valence-electron chi connectivity index (χ2n) is 5.50. The fraction of sp³-hybridized carbons (Fsp3) is 0.500. The van der Waals surface area contributed by atoms with E-state index in [1.165, 1.54) is 0 Å². The molecule has 1 N–H and O–H groups in total. The number of amides is 2. The molecule has 0 spiro atoms. The Morgan fingerprint density at radius 3 is 3.00 bits per heavy atom. The molecule has 2 aliphatic heterocycles. The van der Waals surface area contributed by atoms with Crippen LogP contribution < -0.4 is 15.0 Å². The molecule has 21 heavy (non-hydrogen) atoms. The molecular formula is C14H15N3O4. The largest absolute Gasteiger partial charge is 0.480 e. The van der Waals surface area contributed by atoms with Crippen LogP contribution in [0.4, 0.5) is 16.4 Å². The van der Waals surface area contributed by atoms with Crippen molar-refractivity contribution in [3.63, 3.8) is 0 Å². The number of carbonyl (C=O) groups excluding carboxylic acids is 2. The lowest BCUT2D eigenvalue weighted by Gasteiger charge is -2.28. The lowest BCUT2D eigenvalue weighted by Crippen LogP contribution is -2.39. The van der Waals surface area contributed by atoms with Crippen LogP contribution in [0.15, 0.2) is 12.1 Å². The number of ether oxygens (including phenoxy) is 2. The van der Waals surface area contributed by atoms with E-state index in [1.807, 2.05) is 0 Å². The molecule has 2 amide bonds. The third-order valence-corrected chi connectivity index (χ3v) is 4.16. The highest BCUT2D eigenvalue weighted by molar-refractivity contribution is 5.95. The molecule has 2 unspecified atom stereocenters. The van der Waals surface area contributed by atoms with E-state index in [9.17, 15) is 9.59 Å². The summed E-state index contributed by atoms with van der Waals surface area (Å²) in [6.45, 7) is -0.00944. The first kappa shape index (κ1) is 12.4. The van der Waals surface area contributed by atoms with Gasteiger partial charge in [0, 0.05) is 0 Å². The van der Waals surface area contributed by atoms with Crippen molar-refractivity contribution in [2.75, 3.05) is 16.8 Å². The Kier molecular flexibility index (Phi) is 2.73. The Hall–Kier alpha value is -2.31. The lowest BCUT2D eigenvalue weighted by molar-refractivity contribution is -0.118. The van der Waals surface area contributed by atoms with Gasteiger partial charge in [0.15, 0.2) is 18.2 Å².